The quantitative estimate of drug-likeness (QED) is 0.276. The molecule has 186 valence electrons. The van der Waals surface area contributed by atoms with Crippen molar-refractivity contribution < 1.29 is 19.1 Å². The fourth-order valence-corrected chi connectivity index (χ4v) is 5.85. The molecule has 0 atom stereocenters. The van der Waals surface area contributed by atoms with E-state index in [1.807, 2.05) is 12.1 Å². The van der Waals surface area contributed by atoms with Crippen LogP contribution in [0.25, 0.3) is 0 Å². The van der Waals surface area contributed by atoms with Crippen molar-refractivity contribution in [3.05, 3.63) is 65.0 Å². The molecule has 1 aliphatic heterocycles. The number of unbranched alkanes of at least 4 members (excludes halogenated alkanes) is 1. The summed E-state index contributed by atoms with van der Waals surface area (Å²) in [6.45, 7) is 15.1. The highest BCUT2D eigenvalue weighted by molar-refractivity contribution is 6.06. The molecule has 3 aliphatic rings. The van der Waals surface area contributed by atoms with E-state index in [4.69, 9.17) is 4.74 Å². The Morgan fingerprint density at radius 3 is 1.94 bits per heavy atom. The molecule has 0 unspecified atom stereocenters. The van der Waals surface area contributed by atoms with Crippen molar-refractivity contribution in [1.82, 2.24) is 4.90 Å². The molecule has 1 aromatic rings. The van der Waals surface area contributed by atoms with Gasteiger partial charge in [-0.25, -0.2) is 4.79 Å². The molecule has 0 N–H and O–H groups in total. The number of rotatable bonds is 6. The van der Waals surface area contributed by atoms with Crippen molar-refractivity contribution in [2.75, 3.05) is 6.54 Å². The van der Waals surface area contributed by atoms with Gasteiger partial charge in [0.15, 0.2) is 11.6 Å². The third kappa shape index (κ3) is 4.91. The van der Waals surface area contributed by atoms with Crippen LogP contribution in [0.4, 0.5) is 0 Å². The highest BCUT2D eigenvalue weighted by atomic mass is 16.5. The predicted octanol–water partition coefficient (Wildman–Crippen LogP) is 6.26. The van der Waals surface area contributed by atoms with E-state index in [0.717, 1.165) is 66.4 Å². The number of hydrogen-bond donors (Lipinski definition) is 0. The first-order chi connectivity index (χ1) is 16.5. The van der Waals surface area contributed by atoms with Crippen molar-refractivity contribution in [3.8, 4) is 5.75 Å². The number of carbonyl (C=O) groups excluding carboxylic acids is 3. The molecular formula is C30H37NO4. The highest BCUT2D eigenvalue weighted by Crippen LogP contribution is 2.54. The van der Waals surface area contributed by atoms with Gasteiger partial charge in [-0.05, 0) is 47.8 Å². The minimum Gasteiger partial charge on any atom is -0.423 e. The normalized spacial score (nSPS) is 21.6. The van der Waals surface area contributed by atoms with Crippen LogP contribution in [0, 0.1) is 10.8 Å². The monoisotopic (exact) mass is 475 g/mol. The zero-order valence-electron chi connectivity index (χ0n) is 21.7. The molecule has 1 aromatic carbocycles. The van der Waals surface area contributed by atoms with E-state index in [9.17, 15) is 14.4 Å². The molecule has 0 fully saturated rings. The highest BCUT2D eigenvalue weighted by Gasteiger charge is 2.48. The van der Waals surface area contributed by atoms with Gasteiger partial charge in [0.05, 0.1) is 0 Å². The molecule has 0 aromatic heterocycles. The van der Waals surface area contributed by atoms with Gasteiger partial charge in [0.1, 0.15) is 5.75 Å². The predicted molar refractivity (Wildman–Crippen MR) is 137 cm³/mol. The van der Waals surface area contributed by atoms with Crippen LogP contribution in [-0.2, 0) is 14.4 Å². The Balaban J connectivity index is 1.89. The fourth-order valence-electron chi connectivity index (χ4n) is 5.85. The number of carbonyl (C=O) groups is 3. The summed E-state index contributed by atoms with van der Waals surface area (Å²) in [5.74, 6) is -0.224. The van der Waals surface area contributed by atoms with E-state index in [2.05, 4.69) is 46.1 Å². The van der Waals surface area contributed by atoms with E-state index in [1.54, 1.807) is 12.1 Å². The van der Waals surface area contributed by atoms with Crippen LogP contribution < -0.4 is 4.74 Å². The number of allylic oxidation sites excluding steroid dienone is 4. The van der Waals surface area contributed by atoms with Crippen molar-refractivity contribution in [1.29, 1.82) is 0 Å². The molecular weight excluding hydrogens is 438 g/mol. The molecule has 0 radical (unpaired) electrons. The van der Waals surface area contributed by atoms with Crippen molar-refractivity contribution in [3.63, 3.8) is 0 Å². The van der Waals surface area contributed by atoms with E-state index < -0.39 is 5.97 Å². The molecule has 0 saturated heterocycles. The summed E-state index contributed by atoms with van der Waals surface area (Å²) in [7, 11) is 0. The minimum absolute atomic E-state index is 0.125. The Bertz CT molecular complexity index is 1080. The fraction of sp³-hybridized carbons (Fsp3) is 0.500. The average molecular weight is 476 g/mol. The number of ether oxygens (including phenoxy) is 1. The van der Waals surface area contributed by atoms with Crippen LogP contribution in [0.2, 0.25) is 0 Å². The van der Waals surface area contributed by atoms with E-state index in [0.29, 0.717) is 18.6 Å². The molecule has 0 saturated carbocycles. The first-order valence-corrected chi connectivity index (χ1v) is 12.7. The number of ketones is 2. The van der Waals surface area contributed by atoms with Crippen LogP contribution in [0.5, 0.6) is 5.75 Å². The zero-order chi connectivity index (χ0) is 25.5. The molecule has 2 aliphatic carbocycles. The topological polar surface area (TPSA) is 63.7 Å². The SMILES string of the molecule is C=CC(=O)Oc1ccc(C2C3=C(CC(C)(C)CC3=O)N(CCCC)C3=C2C(=O)CC(C)(C)C3)cc1. The Kier molecular flexibility index (Phi) is 6.65. The van der Waals surface area contributed by atoms with Gasteiger partial charge >= 0.3 is 5.97 Å². The lowest BCUT2D eigenvalue weighted by Gasteiger charge is -2.49. The maximum absolute atomic E-state index is 13.7. The van der Waals surface area contributed by atoms with Gasteiger partial charge in [0.25, 0.3) is 0 Å². The third-order valence-corrected chi connectivity index (χ3v) is 7.36. The molecule has 4 rings (SSSR count). The third-order valence-electron chi connectivity index (χ3n) is 7.36. The standard InChI is InChI=1S/C30H37NO4/c1-7-9-14-31-21-15-29(3,4)17-23(32)27(21)26(28-22(31)16-30(5,6)18-24(28)33)19-10-12-20(13-11-19)35-25(34)8-2/h8,10-13,26H,2,7,9,14-18H2,1,3-6H3. The number of nitrogens with zero attached hydrogens (tertiary/aromatic N) is 1. The van der Waals surface area contributed by atoms with Crippen molar-refractivity contribution in [2.24, 2.45) is 10.8 Å². The first kappa shape index (κ1) is 25.2. The van der Waals surface area contributed by atoms with Crippen LogP contribution in [0.1, 0.15) is 84.6 Å². The summed E-state index contributed by atoms with van der Waals surface area (Å²) in [6.07, 6.45) is 5.75. The summed E-state index contributed by atoms with van der Waals surface area (Å²) in [5, 5.41) is 0. The molecule has 1 heterocycles. The number of benzene rings is 1. The molecule has 35 heavy (non-hydrogen) atoms. The lowest BCUT2D eigenvalue weighted by atomic mass is 9.63. The van der Waals surface area contributed by atoms with Gasteiger partial charge in [0, 0.05) is 53.9 Å². The van der Waals surface area contributed by atoms with E-state index >= 15 is 0 Å². The molecule has 0 bridgehead atoms. The van der Waals surface area contributed by atoms with Gasteiger partial charge in [-0.1, -0.05) is 59.8 Å². The Labute approximate surface area is 208 Å². The Morgan fingerprint density at radius 2 is 1.49 bits per heavy atom. The Hall–Kier alpha value is -2.95. The lowest BCUT2D eigenvalue weighted by molar-refractivity contribution is -0.129. The first-order valence-electron chi connectivity index (χ1n) is 12.7. The van der Waals surface area contributed by atoms with Crippen molar-refractivity contribution >= 4 is 17.5 Å². The van der Waals surface area contributed by atoms with Crippen molar-refractivity contribution in [2.45, 2.75) is 79.1 Å². The smallest absolute Gasteiger partial charge is 0.335 e. The van der Waals surface area contributed by atoms with Crippen LogP contribution >= 0.6 is 0 Å². The summed E-state index contributed by atoms with van der Waals surface area (Å²) < 4.78 is 5.25. The number of esters is 1. The van der Waals surface area contributed by atoms with Gasteiger partial charge < -0.3 is 9.64 Å². The minimum atomic E-state index is -0.522. The largest absolute Gasteiger partial charge is 0.423 e. The second kappa shape index (κ2) is 9.25. The second-order valence-corrected chi connectivity index (χ2v) is 11.7. The maximum Gasteiger partial charge on any atom is 0.335 e. The lowest BCUT2D eigenvalue weighted by Crippen LogP contribution is -2.44. The second-order valence-electron chi connectivity index (χ2n) is 11.7. The zero-order valence-corrected chi connectivity index (χ0v) is 21.7. The average Bonchev–Trinajstić information content (AvgIpc) is 2.76. The van der Waals surface area contributed by atoms with Crippen LogP contribution in [0.15, 0.2) is 59.5 Å². The van der Waals surface area contributed by atoms with Gasteiger partial charge in [-0.3, -0.25) is 9.59 Å². The summed E-state index contributed by atoms with van der Waals surface area (Å²) in [4.78, 5) is 41.4. The van der Waals surface area contributed by atoms with E-state index in [-0.39, 0.29) is 28.3 Å². The summed E-state index contributed by atoms with van der Waals surface area (Å²) in [6, 6.07) is 7.23. The molecule has 0 amide bonds. The van der Waals surface area contributed by atoms with Gasteiger partial charge in [-0.2, -0.15) is 0 Å². The summed E-state index contributed by atoms with van der Waals surface area (Å²) >= 11 is 0. The maximum atomic E-state index is 13.7. The molecule has 5 heteroatoms. The Morgan fingerprint density at radius 1 is 0.971 bits per heavy atom. The molecule has 5 nitrogen and oxygen atoms in total. The summed E-state index contributed by atoms with van der Waals surface area (Å²) in [5.41, 5.74) is 4.39. The number of Topliss-reactive ketones (excluding diaryl/α,β-unsaturated/α-hetero) is 2. The molecule has 0 spiro atoms. The van der Waals surface area contributed by atoms with Gasteiger partial charge in [0.2, 0.25) is 0 Å². The van der Waals surface area contributed by atoms with Crippen LogP contribution in [0.3, 0.4) is 0 Å². The van der Waals surface area contributed by atoms with Crippen LogP contribution in [-0.4, -0.2) is 29.0 Å². The van der Waals surface area contributed by atoms with Gasteiger partial charge in [-0.15, -0.1) is 0 Å². The van der Waals surface area contributed by atoms with E-state index in [1.165, 1.54) is 0 Å². The number of hydrogen-bond acceptors (Lipinski definition) is 5.